The quantitative estimate of drug-likeness (QED) is 0.559. The lowest BCUT2D eigenvalue weighted by Gasteiger charge is -2.16. The molecule has 1 unspecified atom stereocenters. The van der Waals surface area contributed by atoms with Crippen molar-refractivity contribution in [1.29, 1.82) is 0 Å². The highest BCUT2D eigenvalue weighted by atomic mass is 16.5. The minimum atomic E-state index is -0.126. The molecular formula is C24H25NO3. The lowest BCUT2D eigenvalue weighted by Crippen LogP contribution is -2.27. The summed E-state index contributed by atoms with van der Waals surface area (Å²) in [6.45, 7) is 4.47. The molecule has 0 aliphatic heterocycles. The van der Waals surface area contributed by atoms with Gasteiger partial charge in [0.05, 0.1) is 12.6 Å². The number of hydrogen-bond acceptors (Lipinski definition) is 3. The van der Waals surface area contributed by atoms with Crippen molar-refractivity contribution >= 4 is 22.5 Å². The molecule has 0 aromatic heterocycles. The van der Waals surface area contributed by atoms with Crippen LogP contribution in [0.5, 0.6) is 5.75 Å². The van der Waals surface area contributed by atoms with Crippen LogP contribution >= 0.6 is 0 Å². The minimum absolute atomic E-state index is 0.0454. The Bertz CT molecular complexity index is 958. The summed E-state index contributed by atoms with van der Waals surface area (Å²) in [5.41, 5.74) is 1.67. The molecule has 0 saturated carbocycles. The van der Waals surface area contributed by atoms with E-state index < -0.39 is 0 Å². The van der Waals surface area contributed by atoms with Gasteiger partial charge in [0.2, 0.25) is 5.91 Å². The standard InChI is InChI=1S/C24H25NO3/c1-3-28-20-13-11-19(12-14-20)23(26)15-16-24(27)25-17(2)21-10-6-8-18-7-4-5-9-22(18)21/h4-14,17H,3,15-16H2,1-2H3,(H,25,27). The number of amides is 1. The fourth-order valence-electron chi connectivity index (χ4n) is 3.29. The Balaban J connectivity index is 1.57. The van der Waals surface area contributed by atoms with E-state index in [0.29, 0.717) is 12.2 Å². The summed E-state index contributed by atoms with van der Waals surface area (Å²) in [5.74, 6) is 0.566. The van der Waals surface area contributed by atoms with Crippen molar-refractivity contribution in [1.82, 2.24) is 5.32 Å². The molecule has 0 bridgehead atoms. The van der Waals surface area contributed by atoms with E-state index in [1.54, 1.807) is 24.3 Å². The van der Waals surface area contributed by atoms with Gasteiger partial charge in [-0.05, 0) is 54.4 Å². The smallest absolute Gasteiger partial charge is 0.220 e. The number of carbonyl (C=O) groups excluding carboxylic acids is 2. The van der Waals surface area contributed by atoms with Gasteiger partial charge in [-0.1, -0.05) is 42.5 Å². The van der Waals surface area contributed by atoms with Crippen molar-refractivity contribution in [3.63, 3.8) is 0 Å². The number of Topliss-reactive ketones (excluding diaryl/α,β-unsaturated/α-hetero) is 1. The van der Waals surface area contributed by atoms with Crippen molar-refractivity contribution in [3.8, 4) is 5.75 Å². The molecule has 144 valence electrons. The second kappa shape index (κ2) is 9.18. The van der Waals surface area contributed by atoms with Crippen LogP contribution in [0, 0.1) is 0 Å². The van der Waals surface area contributed by atoms with Crippen molar-refractivity contribution in [3.05, 3.63) is 77.9 Å². The second-order valence-electron chi connectivity index (χ2n) is 6.74. The molecule has 0 saturated heterocycles. The number of rotatable bonds is 8. The highest BCUT2D eigenvalue weighted by Gasteiger charge is 2.14. The number of benzene rings is 3. The molecule has 3 rings (SSSR count). The van der Waals surface area contributed by atoms with Crippen LogP contribution in [0.1, 0.15) is 48.7 Å². The molecule has 0 aliphatic rings. The monoisotopic (exact) mass is 375 g/mol. The summed E-state index contributed by atoms with van der Waals surface area (Å²) in [4.78, 5) is 24.7. The van der Waals surface area contributed by atoms with Crippen LogP contribution in [0.3, 0.4) is 0 Å². The highest BCUT2D eigenvalue weighted by Crippen LogP contribution is 2.24. The van der Waals surface area contributed by atoms with E-state index in [-0.39, 0.29) is 30.6 Å². The lowest BCUT2D eigenvalue weighted by atomic mass is 9.99. The Kier molecular flexibility index (Phi) is 6.43. The molecule has 0 radical (unpaired) electrons. The predicted octanol–water partition coefficient (Wildman–Crippen LogP) is 5.08. The molecule has 28 heavy (non-hydrogen) atoms. The summed E-state index contributed by atoms with van der Waals surface area (Å²) in [5, 5.41) is 5.28. The van der Waals surface area contributed by atoms with Gasteiger partial charge in [-0.3, -0.25) is 9.59 Å². The van der Waals surface area contributed by atoms with Crippen LogP contribution in [0.2, 0.25) is 0 Å². The van der Waals surface area contributed by atoms with Gasteiger partial charge in [0.1, 0.15) is 5.75 Å². The number of ketones is 1. The number of fused-ring (bicyclic) bond motifs is 1. The molecule has 0 spiro atoms. The maximum atomic E-state index is 12.4. The van der Waals surface area contributed by atoms with Gasteiger partial charge in [0, 0.05) is 18.4 Å². The Labute approximate surface area is 165 Å². The van der Waals surface area contributed by atoms with Gasteiger partial charge >= 0.3 is 0 Å². The van der Waals surface area contributed by atoms with E-state index in [9.17, 15) is 9.59 Å². The van der Waals surface area contributed by atoms with Crippen LogP contribution in [-0.2, 0) is 4.79 Å². The summed E-state index contributed by atoms with van der Waals surface area (Å²) in [6.07, 6.45) is 0.350. The van der Waals surface area contributed by atoms with Crippen molar-refractivity contribution in [2.75, 3.05) is 6.61 Å². The van der Waals surface area contributed by atoms with Gasteiger partial charge in [0.15, 0.2) is 5.78 Å². The normalized spacial score (nSPS) is 11.8. The van der Waals surface area contributed by atoms with Gasteiger partial charge in [-0.2, -0.15) is 0 Å². The molecule has 4 nitrogen and oxygen atoms in total. The van der Waals surface area contributed by atoms with E-state index in [4.69, 9.17) is 4.74 Å². The van der Waals surface area contributed by atoms with Crippen LogP contribution < -0.4 is 10.1 Å². The SMILES string of the molecule is CCOc1ccc(C(=O)CCC(=O)NC(C)c2cccc3ccccc23)cc1. The van der Waals surface area contributed by atoms with E-state index >= 15 is 0 Å². The summed E-state index contributed by atoms with van der Waals surface area (Å²) in [6, 6.07) is 21.1. The molecule has 0 heterocycles. The first-order valence-electron chi connectivity index (χ1n) is 9.61. The maximum absolute atomic E-state index is 12.4. The fraction of sp³-hybridized carbons (Fsp3) is 0.250. The third kappa shape index (κ3) is 4.77. The molecule has 0 aliphatic carbocycles. The summed E-state index contributed by atoms with van der Waals surface area (Å²) in [7, 11) is 0. The Morgan fingerprint density at radius 1 is 0.929 bits per heavy atom. The van der Waals surface area contributed by atoms with Crippen LogP contribution in [-0.4, -0.2) is 18.3 Å². The van der Waals surface area contributed by atoms with Crippen molar-refractivity contribution < 1.29 is 14.3 Å². The molecular weight excluding hydrogens is 350 g/mol. The lowest BCUT2D eigenvalue weighted by molar-refractivity contribution is -0.121. The molecule has 1 amide bonds. The van der Waals surface area contributed by atoms with E-state index in [0.717, 1.165) is 22.1 Å². The number of carbonyl (C=O) groups is 2. The Morgan fingerprint density at radius 2 is 1.64 bits per heavy atom. The number of ether oxygens (including phenoxy) is 1. The zero-order valence-corrected chi connectivity index (χ0v) is 16.3. The third-order valence-corrected chi connectivity index (χ3v) is 4.73. The first-order valence-corrected chi connectivity index (χ1v) is 9.61. The highest BCUT2D eigenvalue weighted by molar-refractivity contribution is 5.98. The second-order valence-corrected chi connectivity index (χ2v) is 6.74. The number of hydrogen-bond donors (Lipinski definition) is 1. The zero-order chi connectivity index (χ0) is 19.9. The molecule has 1 N–H and O–H groups in total. The number of nitrogens with one attached hydrogen (secondary N) is 1. The van der Waals surface area contributed by atoms with E-state index in [1.165, 1.54) is 0 Å². The summed E-state index contributed by atoms with van der Waals surface area (Å²) < 4.78 is 5.38. The molecule has 4 heteroatoms. The van der Waals surface area contributed by atoms with Crippen molar-refractivity contribution in [2.45, 2.75) is 32.7 Å². The van der Waals surface area contributed by atoms with E-state index in [2.05, 4.69) is 23.5 Å². The average molecular weight is 375 g/mol. The van der Waals surface area contributed by atoms with E-state index in [1.807, 2.05) is 38.1 Å². The zero-order valence-electron chi connectivity index (χ0n) is 16.3. The third-order valence-electron chi connectivity index (χ3n) is 4.73. The summed E-state index contributed by atoms with van der Waals surface area (Å²) >= 11 is 0. The Hall–Kier alpha value is -3.14. The van der Waals surface area contributed by atoms with Crippen molar-refractivity contribution in [2.24, 2.45) is 0 Å². The molecule has 3 aromatic rings. The minimum Gasteiger partial charge on any atom is -0.494 e. The van der Waals surface area contributed by atoms with Crippen LogP contribution in [0.4, 0.5) is 0 Å². The molecule has 0 fully saturated rings. The van der Waals surface area contributed by atoms with Gasteiger partial charge in [-0.15, -0.1) is 0 Å². The first-order chi connectivity index (χ1) is 13.6. The van der Waals surface area contributed by atoms with Gasteiger partial charge < -0.3 is 10.1 Å². The molecule has 3 aromatic carbocycles. The van der Waals surface area contributed by atoms with Gasteiger partial charge in [-0.25, -0.2) is 0 Å². The fourth-order valence-corrected chi connectivity index (χ4v) is 3.29. The van der Waals surface area contributed by atoms with Crippen LogP contribution in [0.15, 0.2) is 66.7 Å². The van der Waals surface area contributed by atoms with Crippen LogP contribution in [0.25, 0.3) is 10.8 Å². The molecule has 1 atom stereocenters. The van der Waals surface area contributed by atoms with Gasteiger partial charge in [0.25, 0.3) is 0 Å². The topological polar surface area (TPSA) is 55.4 Å². The average Bonchev–Trinajstić information content (AvgIpc) is 2.72. The Morgan fingerprint density at radius 3 is 2.39 bits per heavy atom. The largest absolute Gasteiger partial charge is 0.494 e. The first kappa shape index (κ1) is 19.6. The predicted molar refractivity (Wildman–Crippen MR) is 112 cm³/mol. The maximum Gasteiger partial charge on any atom is 0.220 e.